The van der Waals surface area contributed by atoms with Crippen LogP contribution in [0.5, 0.6) is 11.5 Å². The molecule has 24 heavy (non-hydrogen) atoms. The van der Waals surface area contributed by atoms with Gasteiger partial charge in [0, 0.05) is 12.0 Å². The first kappa shape index (κ1) is 15.3. The molecule has 2 aliphatic rings. The molecule has 7 heteroatoms. The van der Waals surface area contributed by atoms with Crippen molar-refractivity contribution >= 4 is 32.6 Å². The minimum Gasteiger partial charge on any atom is -0.457 e. The third kappa shape index (κ3) is 3.05. The van der Waals surface area contributed by atoms with E-state index in [1.807, 2.05) is 64.9 Å². The third-order valence-electron chi connectivity index (χ3n) is 3.72. The summed E-state index contributed by atoms with van der Waals surface area (Å²) in [5.41, 5.74) is 1.98. The molecule has 2 aromatic carbocycles. The summed E-state index contributed by atoms with van der Waals surface area (Å²) >= 11 is 1.34. The third-order valence-corrected chi connectivity index (χ3v) is 5.85. The molecule has 0 saturated carbocycles. The van der Waals surface area contributed by atoms with E-state index in [0.29, 0.717) is 11.7 Å². The van der Waals surface area contributed by atoms with E-state index in [9.17, 15) is 8.42 Å². The van der Waals surface area contributed by atoms with Crippen molar-refractivity contribution in [2.45, 2.75) is 0 Å². The van der Waals surface area contributed by atoms with Crippen LogP contribution in [0, 0.1) is 0 Å². The number of hydrogen-bond donors (Lipinski definition) is 0. The fourth-order valence-corrected chi connectivity index (χ4v) is 4.69. The van der Waals surface area contributed by atoms with Crippen LogP contribution in [0.2, 0.25) is 0 Å². The van der Waals surface area contributed by atoms with E-state index < -0.39 is 10.0 Å². The fourth-order valence-electron chi connectivity index (χ4n) is 2.54. The molecule has 122 valence electrons. The van der Waals surface area contributed by atoms with Crippen LogP contribution in [0.1, 0.15) is 5.56 Å². The van der Waals surface area contributed by atoms with Gasteiger partial charge in [-0.1, -0.05) is 30.0 Å². The van der Waals surface area contributed by atoms with Gasteiger partial charge in [-0.25, -0.2) is 8.42 Å². The van der Waals surface area contributed by atoms with Crippen molar-refractivity contribution in [2.24, 2.45) is 4.40 Å². The zero-order valence-corrected chi connectivity index (χ0v) is 14.3. The van der Waals surface area contributed by atoms with Crippen molar-refractivity contribution < 1.29 is 13.2 Å². The van der Waals surface area contributed by atoms with Crippen molar-refractivity contribution in [3.8, 4) is 11.5 Å². The van der Waals surface area contributed by atoms with Gasteiger partial charge in [0.1, 0.15) is 11.5 Å². The number of fused-ring (bicyclic) bond motifs is 1. The highest BCUT2D eigenvalue weighted by Gasteiger charge is 2.31. The van der Waals surface area contributed by atoms with Crippen LogP contribution in [0.3, 0.4) is 0 Å². The Morgan fingerprint density at radius 3 is 2.46 bits per heavy atom. The Morgan fingerprint density at radius 2 is 1.71 bits per heavy atom. The lowest BCUT2D eigenvalue weighted by Crippen LogP contribution is -2.34. The van der Waals surface area contributed by atoms with Crippen molar-refractivity contribution in [1.82, 2.24) is 4.90 Å². The quantitative estimate of drug-likeness (QED) is 0.840. The maximum Gasteiger partial charge on any atom is 0.257 e. The number of nitrogens with zero attached hydrogens (tertiary/aromatic N) is 2. The number of rotatable bonds is 3. The average molecular weight is 358 g/mol. The summed E-state index contributed by atoms with van der Waals surface area (Å²) in [6.07, 6.45) is 0. The highest BCUT2D eigenvalue weighted by Crippen LogP contribution is 2.36. The molecule has 2 aromatic rings. The number of thioether (sulfide) groups is 1. The predicted octanol–water partition coefficient (Wildman–Crippen LogP) is 3.53. The summed E-state index contributed by atoms with van der Waals surface area (Å²) in [4.78, 5) is 1.94. The first-order valence-corrected chi connectivity index (χ1v) is 9.90. The Kier molecular flexibility index (Phi) is 3.82. The molecule has 0 fully saturated rings. The van der Waals surface area contributed by atoms with Gasteiger partial charge in [-0.05, 0) is 42.0 Å². The average Bonchev–Trinajstić information content (AvgIpc) is 2.98. The van der Waals surface area contributed by atoms with E-state index in [1.54, 1.807) is 0 Å². The maximum absolute atomic E-state index is 11.6. The summed E-state index contributed by atoms with van der Waals surface area (Å²) in [5.74, 6) is 1.59. The molecule has 5 nitrogen and oxygen atoms in total. The summed E-state index contributed by atoms with van der Waals surface area (Å²) in [6, 6.07) is 17.4. The SMILES string of the molecule is O=S1(=O)CCN2C(c3ccc(Oc4ccccc4)cc3)=CSC2=N1. The van der Waals surface area contributed by atoms with E-state index in [4.69, 9.17) is 4.74 Å². The Bertz CT molecular complexity index is 920. The Labute approximate surface area is 144 Å². The minimum absolute atomic E-state index is 0.0452. The Morgan fingerprint density at radius 1 is 1.00 bits per heavy atom. The molecule has 0 atom stereocenters. The fraction of sp³-hybridized carbons (Fsp3) is 0.118. The largest absolute Gasteiger partial charge is 0.457 e. The van der Waals surface area contributed by atoms with Crippen molar-refractivity contribution in [2.75, 3.05) is 12.3 Å². The van der Waals surface area contributed by atoms with Crippen LogP contribution in [0.25, 0.3) is 5.70 Å². The summed E-state index contributed by atoms with van der Waals surface area (Å²) < 4.78 is 32.8. The molecule has 0 radical (unpaired) electrons. The molecule has 0 bridgehead atoms. The molecule has 0 spiro atoms. The lowest BCUT2D eigenvalue weighted by Gasteiger charge is -2.25. The number of amidine groups is 1. The van der Waals surface area contributed by atoms with Gasteiger partial charge in [0.2, 0.25) is 0 Å². The zero-order chi connectivity index (χ0) is 16.6. The molecule has 0 unspecified atom stereocenters. The van der Waals surface area contributed by atoms with Gasteiger partial charge in [0.05, 0.1) is 11.4 Å². The molecular formula is C17H14N2O3S2. The number of ether oxygens (including phenoxy) is 1. The van der Waals surface area contributed by atoms with Gasteiger partial charge in [-0.2, -0.15) is 0 Å². The molecule has 0 aliphatic carbocycles. The second-order valence-corrected chi connectivity index (χ2v) is 7.96. The normalized spacial score (nSPS) is 18.6. The first-order valence-electron chi connectivity index (χ1n) is 7.41. The maximum atomic E-state index is 11.6. The first-order chi connectivity index (χ1) is 11.6. The van der Waals surface area contributed by atoms with Gasteiger partial charge in [0.25, 0.3) is 10.0 Å². The standard InChI is InChI=1S/C17H14N2O3S2/c20-24(21)11-10-19-16(12-23-17(19)18-24)13-6-8-15(9-7-13)22-14-4-2-1-3-5-14/h1-9,12H,10-11H2. The predicted molar refractivity (Wildman–Crippen MR) is 96.5 cm³/mol. The molecule has 2 heterocycles. The van der Waals surface area contributed by atoms with E-state index in [1.165, 1.54) is 11.8 Å². The van der Waals surface area contributed by atoms with Gasteiger partial charge in [0.15, 0.2) is 5.17 Å². The molecule has 0 saturated heterocycles. The van der Waals surface area contributed by atoms with E-state index >= 15 is 0 Å². The lowest BCUT2D eigenvalue weighted by molar-refractivity contribution is 0.482. The van der Waals surface area contributed by atoms with Crippen molar-refractivity contribution in [1.29, 1.82) is 0 Å². The van der Waals surface area contributed by atoms with E-state index in [-0.39, 0.29) is 5.75 Å². The molecule has 0 amide bonds. The van der Waals surface area contributed by atoms with E-state index in [0.717, 1.165) is 22.8 Å². The second kappa shape index (κ2) is 5.99. The molecular weight excluding hydrogens is 344 g/mol. The van der Waals surface area contributed by atoms with E-state index in [2.05, 4.69) is 4.40 Å². The minimum atomic E-state index is -3.31. The van der Waals surface area contributed by atoms with Crippen molar-refractivity contribution in [3.63, 3.8) is 0 Å². The number of sulfonamides is 1. The van der Waals surface area contributed by atoms with Gasteiger partial charge < -0.3 is 9.64 Å². The van der Waals surface area contributed by atoms with Crippen LogP contribution in [-0.4, -0.2) is 30.8 Å². The van der Waals surface area contributed by atoms with Crippen LogP contribution < -0.4 is 4.74 Å². The van der Waals surface area contributed by atoms with Crippen LogP contribution in [0.15, 0.2) is 64.4 Å². The highest BCUT2D eigenvalue weighted by atomic mass is 32.2. The number of benzene rings is 2. The monoisotopic (exact) mass is 358 g/mol. The molecule has 2 aliphatic heterocycles. The molecule has 0 N–H and O–H groups in total. The second-order valence-electron chi connectivity index (χ2n) is 5.37. The van der Waals surface area contributed by atoms with Gasteiger partial charge >= 0.3 is 0 Å². The molecule has 0 aromatic heterocycles. The van der Waals surface area contributed by atoms with Gasteiger partial charge in [-0.15, -0.1) is 4.40 Å². The smallest absolute Gasteiger partial charge is 0.257 e. The van der Waals surface area contributed by atoms with Crippen LogP contribution >= 0.6 is 11.8 Å². The summed E-state index contributed by atoms with van der Waals surface area (Å²) in [5, 5.41) is 2.47. The number of para-hydroxylation sites is 1. The summed E-state index contributed by atoms with van der Waals surface area (Å²) in [6.45, 7) is 0.433. The van der Waals surface area contributed by atoms with Crippen molar-refractivity contribution in [3.05, 3.63) is 65.6 Å². The lowest BCUT2D eigenvalue weighted by atomic mass is 10.1. The van der Waals surface area contributed by atoms with Crippen LogP contribution in [-0.2, 0) is 10.0 Å². The zero-order valence-electron chi connectivity index (χ0n) is 12.6. The van der Waals surface area contributed by atoms with Gasteiger partial charge in [-0.3, -0.25) is 0 Å². The molecule has 4 rings (SSSR count). The topological polar surface area (TPSA) is 59.0 Å². The Balaban J connectivity index is 1.54. The summed E-state index contributed by atoms with van der Waals surface area (Å²) in [7, 11) is -3.31. The Hall–Kier alpha value is -2.25. The van der Waals surface area contributed by atoms with Crippen LogP contribution in [0.4, 0.5) is 0 Å². The number of hydrogen-bond acceptors (Lipinski definition) is 5. The highest BCUT2D eigenvalue weighted by molar-refractivity contribution is 8.17.